The van der Waals surface area contributed by atoms with E-state index in [1.807, 2.05) is 5.53 Å². The molecule has 6 rings (SSSR count). The molecule has 1 unspecified atom stereocenters. The third kappa shape index (κ3) is 5.23. The van der Waals surface area contributed by atoms with Gasteiger partial charge in [-0.25, -0.2) is 14.9 Å². The molecule has 2 aliphatic carbocycles. The average molecular weight is 577 g/mol. The largest absolute Gasteiger partial charge is 0.497 e. The summed E-state index contributed by atoms with van der Waals surface area (Å²) in [5, 5.41) is 4.49. The molecule has 1 spiro atoms. The predicted octanol–water partition coefficient (Wildman–Crippen LogP) is 5.76. The van der Waals surface area contributed by atoms with Gasteiger partial charge in [-0.3, -0.25) is 4.79 Å². The maximum Gasteiger partial charge on any atom is 0.497 e. The second kappa shape index (κ2) is 10.8. The summed E-state index contributed by atoms with van der Waals surface area (Å²) in [4.78, 5) is 12.8. The number of hydrogen-bond acceptors (Lipinski definition) is 8. The highest BCUT2D eigenvalue weighted by atomic mass is 19.4. The number of carbonyl (C=O) groups excluding carboxylic acids is 1. The van der Waals surface area contributed by atoms with Crippen LogP contribution in [0.1, 0.15) is 67.9 Å². The fourth-order valence-corrected chi connectivity index (χ4v) is 6.98. The molecule has 0 bridgehead atoms. The molecule has 0 radical (unpaired) electrons. The van der Waals surface area contributed by atoms with Crippen LogP contribution in [0.5, 0.6) is 5.75 Å². The summed E-state index contributed by atoms with van der Waals surface area (Å²) >= 11 is 0. The van der Waals surface area contributed by atoms with Gasteiger partial charge in [0.1, 0.15) is 17.9 Å². The Hall–Kier alpha value is -3.38. The van der Waals surface area contributed by atoms with E-state index in [1.54, 1.807) is 30.3 Å². The number of anilines is 1. The molecule has 41 heavy (non-hydrogen) atoms. The lowest BCUT2D eigenvalue weighted by molar-refractivity contribution is -0.259. The van der Waals surface area contributed by atoms with Crippen LogP contribution in [0.2, 0.25) is 0 Å². The maximum absolute atomic E-state index is 13.8. The summed E-state index contributed by atoms with van der Waals surface area (Å²) in [6, 6.07) is 11.1. The lowest BCUT2D eigenvalue weighted by Gasteiger charge is -2.33. The lowest BCUT2D eigenvalue weighted by Crippen LogP contribution is -2.52. The van der Waals surface area contributed by atoms with Gasteiger partial charge in [0.25, 0.3) is 0 Å². The monoisotopic (exact) mass is 576 g/mol. The van der Waals surface area contributed by atoms with Crippen LogP contribution in [0.15, 0.2) is 47.6 Å². The molecule has 4 aliphatic rings. The van der Waals surface area contributed by atoms with Crippen LogP contribution in [-0.4, -0.2) is 49.1 Å². The summed E-state index contributed by atoms with van der Waals surface area (Å²) < 4.78 is 72.8. The number of benzene rings is 2. The zero-order valence-corrected chi connectivity index (χ0v) is 22.6. The van der Waals surface area contributed by atoms with Crippen molar-refractivity contribution in [1.29, 1.82) is 0 Å². The van der Waals surface area contributed by atoms with E-state index in [9.17, 15) is 22.4 Å². The van der Waals surface area contributed by atoms with Crippen LogP contribution in [0.3, 0.4) is 0 Å². The lowest BCUT2D eigenvalue weighted by atomic mass is 9.76. The number of halogens is 4. The molecule has 8 nitrogen and oxygen atoms in total. The summed E-state index contributed by atoms with van der Waals surface area (Å²) in [5.74, 6) is -1.13. The van der Waals surface area contributed by atoms with Crippen molar-refractivity contribution in [1.82, 2.24) is 10.7 Å². The molecule has 4 atom stereocenters. The zero-order valence-electron chi connectivity index (χ0n) is 22.6. The Morgan fingerprint density at radius 3 is 2.59 bits per heavy atom. The highest BCUT2D eigenvalue weighted by Gasteiger charge is 2.57. The SMILES string of the molecule is COC(=O)[C@H]1CC[C@@]2(CC(c3cc(N4C=NNN4C(F)(F)F)ccc3OC3CCCC3)CO2)[C@@H]1c1ccc(F)cc1. The van der Waals surface area contributed by atoms with Gasteiger partial charge in [-0.2, -0.15) is 18.3 Å². The minimum atomic E-state index is -4.70. The van der Waals surface area contributed by atoms with Crippen molar-refractivity contribution in [2.24, 2.45) is 11.0 Å². The van der Waals surface area contributed by atoms with Crippen molar-refractivity contribution in [3.63, 3.8) is 0 Å². The van der Waals surface area contributed by atoms with Crippen molar-refractivity contribution in [2.45, 2.75) is 74.8 Å². The quantitative estimate of drug-likeness (QED) is 0.266. The van der Waals surface area contributed by atoms with Gasteiger partial charge in [0.2, 0.25) is 0 Å². The van der Waals surface area contributed by atoms with Crippen molar-refractivity contribution >= 4 is 18.0 Å². The van der Waals surface area contributed by atoms with Crippen LogP contribution in [0.25, 0.3) is 0 Å². The third-order valence-electron chi connectivity index (χ3n) is 8.81. The molecule has 2 aliphatic heterocycles. The van der Waals surface area contributed by atoms with Gasteiger partial charge >= 0.3 is 12.3 Å². The topological polar surface area (TPSA) is 75.6 Å². The van der Waals surface area contributed by atoms with Gasteiger partial charge in [0, 0.05) is 17.4 Å². The molecule has 2 aromatic carbocycles. The van der Waals surface area contributed by atoms with Gasteiger partial charge in [-0.15, -0.1) is 0 Å². The molecule has 1 N–H and O–H groups in total. The van der Waals surface area contributed by atoms with E-state index in [0.29, 0.717) is 31.6 Å². The number of hydrazine groups is 2. The van der Waals surface area contributed by atoms with E-state index in [2.05, 4.69) is 5.10 Å². The number of hydrogen-bond donors (Lipinski definition) is 1. The minimum absolute atomic E-state index is 0.00124. The molecule has 0 amide bonds. The number of nitrogens with one attached hydrogen (secondary N) is 1. The Labute approximate surface area is 235 Å². The first-order valence-electron chi connectivity index (χ1n) is 13.9. The van der Waals surface area contributed by atoms with Crippen molar-refractivity contribution < 1.29 is 36.6 Å². The summed E-state index contributed by atoms with van der Waals surface area (Å²) in [6.07, 6.45) is 2.04. The number of nitrogens with zero attached hydrogens (tertiary/aromatic N) is 3. The van der Waals surface area contributed by atoms with Crippen LogP contribution in [0.4, 0.5) is 23.2 Å². The number of rotatable bonds is 6. The van der Waals surface area contributed by atoms with Gasteiger partial charge in [-0.1, -0.05) is 12.1 Å². The standard InChI is InChI=1S/C29H32F4N4O4/c1-39-27(38)23-12-13-28(26(23)18-6-8-20(30)9-7-18)15-19(16-40-28)24-14-21(36-17-34-35-37(36)29(31,32)33)10-11-25(24)41-22-4-2-3-5-22/h6-11,14,17,19,22-23,26,35H,2-5,12-13,15-16H2,1H3/t19?,23-,26+,28+/m0/s1. The Kier molecular flexibility index (Phi) is 7.31. The van der Waals surface area contributed by atoms with Crippen molar-refractivity contribution in [2.75, 3.05) is 18.7 Å². The minimum Gasteiger partial charge on any atom is -0.490 e. The predicted molar refractivity (Wildman–Crippen MR) is 141 cm³/mol. The zero-order chi connectivity index (χ0) is 28.8. The molecule has 2 saturated carbocycles. The van der Waals surface area contributed by atoms with Crippen LogP contribution in [0, 0.1) is 11.7 Å². The first-order chi connectivity index (χ1) is 19.7. The molecular formula is C29H32F4N4O4. The second-order valence-corrected chi connectivity index (χ2v) is 11.2. The Balaban J connectivity index is 1.35. The van der Waals surface area contributed by atoms with E-state index in [1.165, 1.54) is 19.2 Å². The van der Waals surface area contributed by atoms with Crippen molar-refractivity contribution in [3.8, 4) is 5.75 Å². The summed E-state index contributed by atoms with van der Waals surface area (Å²) in [5.41, 5.74) is 3.04. The first kappa shape index (κ1) is 27.8. The molecule has 3 fully saturated rings. The number of carbonyl (C=O) groups is 1. The Bertz CT molecular complexity index is 1300. The number of hydrazone groups is 1. The summed E-state index contributed by atoms with van der Waals surface area (Å²) in [6.45, 7) is 0.297. The van der Waals surface area contributed by atoms with E-state index in [4.69, 9.17) is 14.2 Å². The van der Waals surface area contributed by atoms with E-state index in [-0.39, 0.29) is 40.5 Å². The molecule has 0 aromatic heterocycles. The van der Waals surface area contributed by atoms with E-state index >= 15 is 0 Å². The normalized spacial score (nSPS) is 28.5. The number of methoxy groups -OCH3 is 1. The second-order valence-electron chi connectivity index (χ2n) is 11.2. The molecule has 220 valence electrons. The number of esters is 1. The van der Waals surface area contributed by atoms with Crippen LogP contribution >= 0.6 is 0 Å². The van der Waals surface area contributed by atoms with Gasteiger partial charge in [0.15, 0.2) is 0 Å². The highest BCUT2D eigenvalue weighted by Crippen LogP contribution is 2.57. The van der Waals surface area contributed by atoms with Gasteiger partial charge in [0.05, 0.1) is 37.0 Å². The molecule has 2 aromatic rings. The fraction of sp³-hybridized carbons (Fsp3) is 0.517. The third-order valence-corrected chi connectivity index (χ3v) is 8.81. The van der Waals surface area contributed by atoms with Gasteiger partial charge in [-0.05, 0) is 86.0 Å². The van der Waals surface area contributed by atoms with Crippen LogP contribution in [-0.2, 0) is 14.3 Å². The highest BCUT2D eigenvalue weighted by molar-refractivity contribution is 5.79. The maximum atomic E-state index is 13.8. The number of ether oxygens (including phenoxy) is 3. The van der Waals surface area contributed by atoms with E-state index < -0.39 is 17.8 Å². The average Bonchev–Trinajstić information content (AvgIpc) is 3.77. The first-order valence-corrected chi connectivity index (χ1v) is 13.9. The van der Waals surface area contributed by atoms with Crippen LogP contribution < -0.4 is 15.3 Å². The fourth-order valence-electron chi connectivity index (χ4n) is 6.98. The van der Waals surface area contributed by atoms with Gasteiger partial charge < -0.3 is 14.2 Å². The Morgan fingerprint density at radius 2 is 1.88 bits per heavy atom. The molecule has 2 heterocycles. The summed E-state index contributed by atoms with van der Waals surface area (Å²) in [7, 11) is 1.35. The number of alkyl halides is 3. The van der Waals surface area contributed by atoms with E-state index in [0.717, 1.165) is 48.2 Å². The smallest absolute Gasteiger partial charge is 0.490 e. The molecule has 1 saturated heterocycles. The molecular weight excluding hydrogens is 544 g/mol. The van der Waals surface area contributed by atoms with Crippen molar-refractivity contribution in [3.05, 3.63) is 59.4 Å². The Morgan fingerprint density at radius 1 is 1.12 bits per heavy atom. The molecule has 12 heteroatoms.